The van der Waals surface area contributed by atoms with Crippen LogP contribution in [0.25, 0.3) is 0 Å². The third-order valence-corrected chi connectivity index (χ3v) is 4.24. The van der Waals surface area contributed by atoms with Crippen molar-refractivity contribution in [2.45, 2.75) is 13.0 Å². The second-order valence-electron chi connectivity index (χ2n) is 5.93. The van der Waals surface area contributed by atoms with Crippen LogP contribution in [0.2, 0.25) is 0 Å². The molecule has 0 fully saturated rings. The van der Waals surface area contributed by atoms with Gasteiger partial charge in [0.25, 0.3) is 0 Å². The first-order valence-electron chi connectivity index (χ1n) is 8.73. The number of hydrogen-bond donors (Lipinski definition) is 1. The molecule has 0 aliphatic carbocycles. The van der Waals surface area contributed by atoms with E-state index in [1.165, 1.54) is 5.56 Å². The predicted octanol–water partition coefficient (Wildman–Crippen LogP) is 2.98. The number of hydrogen-bond acceptors (Lipinski definition) is 5. The smallest absolute Gasteiger partial charge is 0.218 e. The number of benzene rings is 1. The number of guanidine groups is 1. The number of methoxy groups -OCH3 is 3. The van der Waals surface area contributed by atoms with Gasteiger partial charge < -0.3 is 24.4 Å². The Kier molecular flexibility index (Phi) is 10.4. The van der Waals surface area contributed by atoms with Gasteiger partial charge in [-0.2, -0.15) is 0 Å². The molecule has 0 unspecified atom stereocenters. The van der Waals surface area contributed by atoms with E-state index < -0.39 is 0 Å². The van der Waals surface area contributed by atoms with E-state index >= 15 is 0 Å². The first kappa shape index (κ1) is 23.8. The van der Waals surface area contributed by atoms with E-state index in [1.54, 1.807) is 34.6 Å². The van der Waals surface area contributed by atoms with Gasteiger partial charge in [0.15, 0.2) is 17.5 Å². The van der Waals surface area contributed by atoms with Crippen molar-refractivity contribution in [1.29, 1.82) is 0 Å². The Bertz CT molecular complexity index is 771. The Morgan fingerprint density at radius 1 is 1.11 bits per heavy atom. The minimum Gasteiger partial charge on any atom is -0.493 e. The number of rotatable bonds is 8. The van der Waals surface area contributed by atoms with Crippen molar-refractivity contribution < 1.29 is 14.2 Å². The van der Waals surface area contributed by atoms with E-state index in [0.717, 1.165) is 36.0 Å². The maximum absolute atomic E-state index is 5.37. The number of pyridine rings is 1. The highest BCUT2D eigenvalue weighted by atomic mass is 127. The van der Waals surface area contributed by atoms with Gasteiger partial charge in [-0.25, -0.2) is 4.98 Å². The average Bonchev–Trinajstić information content (AvgIpc) is 2.72. The molecule has 0 amide bonds. The molecular weight excluding hydrogens is 471 g/mol. The van der Waals surface area contributed by atoms with Crippen molar-refractivity contribution >= 4 is 29.9 Å². The SMILES string of the molecule is CN=C(NCc1cccnc1OC)N(C)CCc1ccc(OC)c(OC)c1.I. The summed E-state index contributed by atoms with van der Waals surface area (Å²) in [6.07, 6.45) is 2.57. The molecule has 1 aromatic carbocycles. The van der Waals surface area contributed by atoms with Crippen LogP contribution >= 0.6 is 24.0 Å². The van der Waals surface area contributed by atoms with Gasteiger partial charge in [-0.3, -0.25) is 4.99 Å². The van der Waals surface area contributed by atoms with Crippen LogP contribution in [-0.4, -0.2) is 57.8 Å². The van der Waals surface area contributed by atoms with Gasteiger partial charge in [0.2, 0.25) is 5.88 Å². The number of likely N-dealkylation sites (N-methyl/N-ethyl adjacent to an activating group) is 1. The molecule has 0 radical (unpaired) electrons. The molecule has 1 N–H and O–H groups in total. The van der Waals surface area contributed by atoms with Crippen molar-refractivity contribution in [1.82, 2.24) is 15.2 Å². The summed E-state index contributed by atoms with van der Waals surface area (Å²) in [5.74, 6) is 2.90. The molecule has 0 saturated carbocycles. The fourth-order valence-electron chi connectivity index (χ4n) is 2.74. The molecule has 154 valence electrons. The van der Waals surface area contributed by atoms with Crippen LogP contribution in [0.3, 0.4) is 0 Å². The molecule has 28 heavy (non-hydrogen) atoms. The molecule has 7 nitrogen and oxygen atoms in total. The molecule has 0 bridgehead atoms. The normalized spacial score (nSPS) is 10.7. The van der Waals surface area contributed by atoms with Gasteiger partial charge in [-0.05, 0) is 30.2 Å². The molecule has 0 saturated heterocycles. The number of aromatic nitrogens is 1. The zero-order valence-corrected chi connectivity index (χ0v) is 19.4. The summed E-state index contributed by atoms with van der Waals surface area (Å²) < 4.78 is 15.9. The van der Waals surface area contributed by atoms with E-state index in [1.807, 2.05) is 37.4 Å². The Balaban J connectivity index is 0.00000392. The monoisotopic (exact) mass is 500 g/mol. The van der Waals surface area contributed by atoms with Crippen molar-refractivity contribution in [3.05, 3.63) is 47.7 Å². The predicted molar refractivity (Wildman–Crippen MR) is 122 cm³/mol. The summed E-state index contributed by atoms with van der Waals surface area (Å²) in [5.41, 5.74) is 2.15. The summed E-state index contributed by atoms with van der Waals surface area (Å²) in [5, 5.41) is 3.35. The summed E-state index contributed by atoms with van der Waals surface area (Å²) in [6, 6.07) is 9.85. The van der Waals surface area contributed by atoms with Crippen LogP contribution in [0, 0.1) is 0 Å². The minimum atomic E-state index is 0. The fourth-order valence-corrected chi connectivity index (χ4v) is 2.74. The molecule has 0 aliphatic rings. The highest BCUT2D eigenvalue weighted by Gasteiger charge is 2.10. The van der Waals surface area contributed by atoms with E-state index in [2.05, 4.69) is 20.2 Å². The summed E-state index contributed by atoms with van der Waals surface area (Å²) in [7, 11) is 8.69. The highest BCUT2D eigenvalue weighted by molar-refractivity contribution is 14.0. The van der Waals surface area contributed by atoms with E-state index in [-0.39, 0.29) is 24.0 Å². The Hall–Kier alpha value is -2.23. The standard InChI is InChI=1S/C20H28N4O3.HI/c1-21-20(23-14-16-7-6-11-22-19(16)27-5)24(2)12-10-15-8-9-17(25-3)18(13-15)26-4;/h6-9,11,13H,10,12,14H2,1-5H3,(H,21,23);1H. The highest BCUT2D eigenvalue weighted by Crippen LogP contribution is 2.27. The van der Waals surface area contributed by atoms with Crippen LogP contribution < -0.4 is 19.5 Å². The molecule has 1 heterocycles. The van der Waals surface area contributed by atoms with Crippen LogP contribution in [0.1, 0.15) is 11.1 Å². The lowest BCUT2D eigenvalue weighted by atomic mass is 10.1. The second-order valence-corrected chi connectivity index (χ2v) is 5.93. The summed E-state index contributed by atoms with van der Waals surface area (Å²) in [4.78, 5) is 10.7. The lowest BCUT2D eigenvalue weighted by Crippen LogP contribution is -2.39. The number of halogens is 1. The average molecular weight is 500 g/mol. The van der Waals surface area contributed by atoms with Crippen molar-refractivity contribution in [2.75, 3.05) is 42.0 Å². The summed E-state index contributed by atoms with van der Waals surface area (Å²) >= 11 is 0. The van der Waals surface area contributed by atoms with Crippen LogP contribution in [-0.2, 0) is 13.0 Å². The van der Waals surface area contributed by atoms with Gasteiger partial charge in [-0.15, -0.1) is 24.0 Å². The third-order valence-electron chi connectivity index (χ3n) is 4.24. The molecule has 1 aromatic heterocycles. The second kappa shape index (κ2) is 12.3. The Labute approximate surface area is 184 Å². The van der Waals surface area contributed by atoms with E-state index in [4.69, 9.17) is 14.2 Å². The van der Waals surface area contributed by atoms with Gasteiger partial charge in [-0.1, -0.05) is 12.1 Å². The number of nitrogens with zero attached hydrogens (tertiary/aromatic N) is 3. The van der Waals surface area contributed by atoms with Crippen molar-refractivity contribution in [3.63, 3.8) is 0 Å². The summed E-state index contributed by atoms with van der Waals surface area (Å²) in [6.45, 7) is 1.39. The zero-order valence-electron chi connectivity index (χ0n) is 17.1. The van der Waals surface area contributed by atoms with Crippen LogP contribution in [0.15, 0.2) is 41.5 Å². The maximum Gasteiger partial charge on any atom is 0.218 e. The van der Waals surface area contributed by atoms with Gasteiger partial charge in [0, 0.05) is 38.9 Å². The van der Waals surface area contributed by atoms with Crippen LogP contribution in [0.4, 0.5) is 0 Å². The molecule has 2 rings (SSSR count). The zero-order chi connectivity index (χ0) is 19.6. The molecular formula is C20H29IN4O3. The van der Waals surface area contributed by atoms with E-state index in [0.29, 0.717) is 12.4 Å². The van der Waals surface area contributed by atoms with Gasteiger partial charge in [0.05, 0.1) is 21.3 Å². The van der Waals surface area contributed by atoms with Crippen molar-refractivity contribution in [2.24, 2.45) is 4.99 Å². The fraction of sp³-hybridized carbons (Fsp3) is 0.400. The van der Waals surface area contributed by atoms with Crippen LogP contribution in [0.5, 0.6) is 17.4 Å². The molecule has 8 heteroatoms. The van der Waals surface area contributed by atoms with Gasteiger partial charge in [0.1, 0.15) is 0 Å². The quantitative estimate of drug-likeness (QED) is 0.342. The first-order chi connectivity index (χ1) is 13.1. The Morgan fingerprint density at radius 2 is 1.86 bits per heavy atom. The molecule has 0 spiro atoms. The number of nitrogens with one attached hydrogen (secondary N) is 1. The number of aliphatic imine (C=N–C) groups is 1. The number of ether oxygens (including phenoxy) is 3. The van der Waals surface area contributed by atoms with E-state index in [9.17, 15) is 0 Å². The largest absolute Gasteiger partial charge is 0.493 e. The lowest BCUT2D eigenvalue weighted by Gasteiger charge is -2.22. The molecule has 0 atom stereocenters. The minimum absolute atomic E-state index is 0. The molecule has 0 aliphatic heterocycles. The Morgan fingerprint density at radius 3 is 2.50 bits per heavy atom. The first-order valence-corrected chi connectivity index (χ1v) is 8.73. The lowest BCUT2D eigenvalue weighted by molar-refractivity contribution is 0.354. The van der Waals surface area contributed by atoms with Crippen molar-refractivity contribution in [3.8, 4) is 17.4 Å². The topological polar surface area (TPSA) is 68.2 Å². The molecule has 2 aromatic rings. The maximum atomic E-state index is 5.37. The third kappa shape index (κ3) is 6.43. The van der Waals surface area contributed by atoms with Gasteiger partial charge >= 0.3 is 0 Å².